The highest BCUT2D eigenvalue weighted by atomic mass is 32.2. The van der Waals surface area contributed by atoms with E-state index in [-0.39, 0.29) is 0 Å². The van der Waals surface area contributed by atoms with Crippen molar-refractivity contribution in [2.45, 2.75) is 49.0 Å². The summed E-state index contributed by atoms with van der Waals surface area (Å²) in [6.45, 7) is 1.41. The maximum atomic E-state index is 5.51. The van der Waals surface area contributed by atoms with Gasteiger partial charge in [-0.2, -0.15) is 0 Å². The van der Waals surface area contributed by atoms with Gasteiger partial charge in [0.2, 0.25) is 0 Å². The first-order valence-corrected chi connectivity index (χ1v) is 7.29. The van der Waals surface area contributed by atoms with Crippen LogP contribution >= 0.6 is 11.8 Å². The molecule has 6 nitrogen and oxygen atoms in total. The number of aryl methyl sites for hydroxylation is 1. The van der Waals surface area contributed by atoms with Crippen molar-refractivity contribution in [1.82, 2.24) is 24.7 Å². The summed E-state index contributed by atoms with van der Waals surface area (Å²) in [7, 11) is 0. The van der Waals surface area contributed by atoms with Crippen LogP contribution in [0.25, 0.3) is 0 Å². The lowest BCUT2D eigenvalue weighted by Crippen LogP contribution is -2.03. The molecule has 1 aliphatic heterocycles. The normalized spacial score (nSPS) is 15.0. The summed E-state index contributed by atoms with van der Waals surface area (Å²) in [5, 5.41) is 10.3. The van der Waals surface area contributed by atoms with Gasteiger partial charge in [-0.3, -0.25) is 4.98 Å². The first-order valence-electron chi connectivity index (χ1n) is 6.48. The van der Waals surface area contributed by atoms with Crippen LogP contribution in [0, 0.1) is 0 Å². The molecule has 0 atom stereocenters. The average molecular weight is 276 g/mol. The Morgan fingerprint density at radius 1 is 1.16 bits per heavy atom. The number of hydrogen-bond donors (Lipinski definition) is 1. The van der Waals surface area contributed by atoms with Crippen LogP contribution in [0.5, 0.6) is 0 Å². The fourth-order valence-electron chi connectivity index (χ4n) is 2.13. The third-order valence-corrected chi connectivity index (χ3v) is 4.07. The maximum absolute atomic E-state index is 5.51. The monoisotopic (exact) mass is 276 g/mol. The van der Waals surface area contributed by atoms with Gasteiger partial charge in [-0.15, -0.1) is 10.2 Å². The smallest absolute Gasteiger partial charge is 0.197 e. The minimum atomic E-state index is 0.415. The summed E-state index contributed by atoms with van der Waals surface area (Å²) < 4.78 is 2.20. The van der Waals surface area contributed by atoms with Crippen LogP contribution in [0.1, 0.15) is 30.8 Å². The summed E-state index contributed by atoms with van der Waals surface area (Å²) in [5.41, 5.74) is 6.30. The molecular weight excluding hydrogens is 260 g/mol. The Hall–Kier alpha value is -1.47. The lowest BCUT2D eigenvalue weighted by atomic mass is 10.2. The van der Waals surface area contributed by atoms with Gasteiger partial charge in [0.25, 0.3) is 0 Å². The van der Waals surface area contributed by atoms with Crippen LogP contribution in [0.2, 0.25) is 0 Å². The molecule has 2 aromatic heterocycles. The predicted molar refractivity (Wildman–Crippen MR) is 71.6 cm³/mol. The minimum absolute atomic E-state index is 0.415. The lowest BCUT2D eigenvalue weighted by molar-refractivity contribution is 0.590. The van der Waals surface area contributed by atoms with E-state index in [1.807, 2.05) is 0 Å². The minimum Gasteiger partial charge on any atom is -0.325 e. The van der Waals surface area contributed by atoms with Crippen molar-refractivity contribution in [1.29, 1.82) is 0 Å². The third-order valence-electron chi connectivity index (χ3n) is 3.16. The van der Waals surface area contributed by atoms with Crippen molar-refractivity contribution in [3.05, 3.63) is 23.9 Å². The van der Waals surface area contributed by atoms with Gasteiger partial charge in [0.05, 0.1) is 18.1 Å². The molecule has 0 bridgehead atoms. The maximum Gasteiger partial charge on any atom is 0.197 e. The fraction of sp³-hybridized carbons (Fsp3) is 0.500. The van der Waals surface area contributed by atoms with Gasteiger partial charge < -0.3 is 10.3 Å². The summed E-state index contributed by atoms with van der Waals surface area (Å²) in [5.74, 6) is 1.09. The molecule has 0 unspecified atom stereocenters. The lowest BCUT2D eigenvalue weighted by Gasteiger charge is -2.05. The molecule has 0 fully saturated rings. The van der Waals surface area contributed by atoms with Crippen molar-refractivity contribution in [3.63, 3.8) is 0 Å². The second-order valence-corrected chi connectivity index (χ2v) is 5.50. The molecule has 0 amide bonds. The molecule has 0 radical (unpaired) electrons. The highest BCUT2D eigenvalue weighted by Gasteiger charge is 2.15. The van der Waals surface area contributed by atoms with Crippen LogP contribution < -0.4 is 5.73 Å². The third kappa shape index (κ3) is 2.76. The predicted octanol–water partition coefficient (Wildman–Crippen LogP) is 1.40. The van der Waals surface area contributed by atoms with Gasteiger partial charge >= 0.3 is 0 Å². The van der Waals surface area contributed by atoms with Crippen molar-refractivity contribution in [2.24, 2.45) is 5.73 Å². The number of rotatable bonds is 3. The first kappa shape index (κ1) is 12.6. The van der Waals surface area contributed by atoms with Crippen molar-refractivity contribution in [3.8, 4) is 0 Å². The molecule has 0 aromatic carbocycles. The highest BCUT2D eigenvalue weighted by Crippen LogP contribution is 2.26. The quantitative estimate of drug-likeness (QED) is 0.912. The zero-order valence-corrected chi connectivity index (χ0v) is 11.4. The average Bonchev–Trinajstić information content (AvgIpc) is 2.68. The van der Waals surface area contributed by atoms with Gasteiger partial charge in [-0.25, -0.2) is 4.98 Å². The number of aromatic nitrogens is 5. The standard InChI is InChI=1S/C12H16N6S/c13-6-9-7-15-11(8-14-9)19-12-17-16-10-4-2-1-3-5-18(10)12/h7-8H,1-6,13H2. The van der Waals surface area contributed by atoms with E-state index in [1.165, 1.54) is 31.0 Å². The molecule has 1 aliphatic rings. The van der Waals surface area contributed by atoms with E-state index in [9.17, 15) is 0 Å². The molecule has 0 spiro atoms. The van der Waals surface area contributed by atoms with E-state index in [0.717, 1.165) is 34.7 Å². The Labute approximate surface area is 115 Å². The number of nitrogens with zero attached hydrogens (tertiary/aromatic N) is 5. The molecule has 0 saturated carbocycles. The largest absolute Gasteiger partial charge is 0.325 e. The zero-order valence-electron chi connectivity index (χ0n) is 10.6. The van der Waals surface area contributed by atoms with Crippen molar-refractivity contribution in [2.75, 3.05) is 0 Å². The van der Waals surface area contributed by atoms with Crippen LogP contribution in [-0.4, -0.2) is 24.7 Å². The number of hydrogen-bond acceptors (Lipinski definition) is 6. The van der Waals surface area contributed by atoms with Gasteiger partial charge in [-0.05, 0) is 24.6 Å². The molecule has 2 N–H and O–H groups in total. The van der Waals surface area contributed by atoms with Gasteiger partial charge in [0.15, 0.2) is 5.16 Å². The Balaban J connectivity index is 1.80. The molecule has 0 aliphatic carbocycles. The van der Waals surface area contributed by atoms with E-state index in [1.54, 1.807) is 12.4 Å². The van der Waals surface area contributed by atoms with Gasteiger partial charge in [-0.1, -0.05) is 6.42 Å². The number of nitrogens with two attached hydrogens (primary N) is 1. The molecule has 3 rings (SSSR count). The van der Waals surface area contributed by atoms with Gasteiger partial charge in [0, 0.05) is 19.5 Å². The molecule has 2 aromatic rings. The summed E-state index contributed by atoms with van der Waals surface area (Å²) in [6, 6.07) is 0. The van der Waals surface area contributed by atoms with Crippen LogP contribution in [0.15, 0.2) is 22.6 Å². The topological polar surface area (TPSA) is 82.5 Å². The second kappa shape index (κ2) is 5.66. The van der Waals surface area contributed by atoms with E-state index < -0.39 is 0 Å². The Bertz CT molecular complexity index is 550. The summed E-state index contributed by atoms with van der Waals surface area (Å²) in [4.78, 5) is 8.58. The molecule has 3 heterocycles. The van der Waals surface area contributed by atoms with E-state index in [2.05, 4.69) is 24.7 Å². The summed E-state index contributed by atoms with van der Waals surface area (Å²) >= 11 is 1.51. The molecular formula is C12H16N6S. The van der Waals surface area contributed by atoms with Crippen LogP contribution in [0.4, 0.5) is 0 Å². The highest BCUT2D eigenvalue weighted by molar-refractivity contribution is 7.99. The van der Waals surface area contributed by atoms with E-state index in [0.29, 0.717) is 6.54 Å². The Morgan fingerprint density at radius 2 is 2.11 bits per heavy atom. The summed E-state index contributed by atoms with van der Waals surface area (Å²) in [6.07, 6.45) is 8.13. The van der Waals surface area contributed by atoms with Crippen molar-refractivity contribution >= 4 is 11.8 Å². The molecule has 100 valence electrons. The fourth-order valence-corrected chi connectivity index (χ4v) is 2.91. The Kier molecular flexibility index (Phi) is 3.74. The first-order chi connectivity index (χ1) is 9.36. The second-order valence-electron chi connectivity index (χ2n) is 4.51. The molecule has 7 heteroatoms. The molecule has 0 saturated heterocycles. The zero-order chi connectivity index (χ0) is 13.1. The van der Waals surface area contributed by atoms with E-state index in [4.69, 9.17) is 5.73 Å². The SMILES string of the molecule is NCc1cnc(Sc2nnc3n2CCCCC3)cn1. The Morgan fingerprint density at radius 3 is 2.89 bits per heavy atom. The van der Waals surface area contributed by atoms with Crippen LogP contribution in [0.3, 0.4) is 0 Å². The van der Waals surface area contributed by atoms with E-state index >= 15 is 0 Å². The van der Waals surface area contributed by atoms with Crippen molar-refractivity contribution < 1.29 is 0 Å². The molecule has 19 heavy (non-hydrogen) atoms. The number of fused-ring (bicyclic) bond motifs is 1. The van der Waals surface area contributed by atoms with Crippen LogP contribution in [-0.2, 0) is 19.5 Å². The van der Waals surface area contributed by atoms with Gasteiger partial charge in [0.1, 0.15) is 10.9 Å².